The van der Waals surface area contributed by atoms with E-state index in [9.17, 15) is 4.79 Å². The molecule has 32 heavy (non-hydrogen) atoms. The van der Waals surface area contributed by atoms with Crippen LogP contribution in [0.4, 0.5) is 4.39 Å². The molecule has 0 unspecified atom stereocenters. The van der Waals surface area contributed by atoms with E-state index in [0.717, 1.165) is 16.7 Å². The summed E-state index contributed by atoms with van der Waals surface area (Å²) in [5.41, 5.74) is 3.96. The molecule has 0 radical (unpaired) electrons. The maximum atomic E-state index is 15.1. The van der Waals surface area contributed by atoms with Gasteiger partial charge in [-0.15, -0.1) is 0 Å². The highest BCUT2D eigenvalue weighted by molar-refractivity contribution is 6.31. The summed E-state index contributed by atoms with van der Waals surface area (Å²) in [6.45, 7) is 3.02. The fourth-order valence-corrected chi connectivity index (χ4v) is 3.79. The molecule has 1 aliphatic heterocycles. The first-order valence-corrected chi connectivity index (χ1v) is 10.8. The molecule has 2 aromatic carbocycles. The van der Waals surface area contributed by atoms with Crippen molar-refractivity contribution in [1.82, 2.24) is 4.98 Å². The van der Waals surface area contributed by atoms with Crippen LogP contribution >= 0.6 is 11.6 Å². The molecule has 0 saturated heterocycles. The van der Waals surface area contributed by atoms with Crippen molar-refractivity contribution in [1.29, 1.82) is 0 Å². The molecule has 0 saturated carbocycles. The van der Waals surface area contributed by atoms with E-state index in [-0.39, 0.29) is 13.0 Å². The van der Waals surface area contributed by atoms with Crippen LogP contribution in [-0.4, -0.2) is 24.2 Å². The molecule has 4 rings (SSSR count). The number of fused-ring (bicyclic) bond motifs is 7. The lowest BCUT2D eigenvalue weighted by atomic mass is 9.97. The normalized spacial score (nSPS) is 13.5. The van der Waals surface area contributed by atoms with Crippen LogP contribution in [0.5, 0.6) is 5.88 Å². The monoisotopic (exact) mass is 455 g/mol. The second-order valence-electron chi connectivity index (χ2n) is 7.46. The number of ether oxygens (including phenoxy) is 3. The lowest BCUT2D eigenvalue weighted by Gasteiger charge is -2.14. The van der Waals surface area contributed by atoms with Crippen molar-refractivity contribution in [2.45, 2.75) is 33.0 Å². The first-order valence-electron chi connectivity index (χ1n) is 10.5. The van der Waals surface area contributed by atoms with Crippen LogP contribution in [0.3, 0.4) is 0 Å². The lowest BCUT2D eigenvalue weighted by molar-refractivity contribution is -0.142. The SMILES string of the molecule is CCOC(=O)Cc1cc(F)c2cc1CCOCc1cc(ccc1Cl)COc1cccc-2n1. The van der Waals surface area contributed by atoms with Crippen molar-refractivity contribution in [3.63, 3.8) is 0 Å². The predicted molar refractivity (Wildman–Crippen MR) is 119 cm³/mol. The molecular formula is C25H23ClFNO4. The van der Waals surface area contributed by atoms with Crippen molar-refractivity contribution < 1.29 is 23.4 Å². The largest absolute Gasteiger partial charge is 0.473 e. The number of hydrogen-bond donors (Lipinski definition) is 0. The Labute approximate surface area is 191 Å². The summed E-state index contributed by atoms with van der Waals surface area (Å²) in [5, 5.41) is 0.616. The Morgan fingerprint density at radius 1 is 1.16 bits per heavy atom. The molecule has 0 fully saturated rings. The van der Waals surface area contributed by atoms with Crippen LogP contribution in [0.25, 0.3) is 11.3 Å². The van der Waals surface area contributed by atoms with Gasteiger partial charge in [0.1, 0.15) is 12.4 Å². The molecule has 0 aliphatic carbocycles. The molecule has 6 bridgehead atoms. The summed E-state index contributed by atoms with van der Waals surface area (Å²) in [5.74, 6) is -0.465. The van der Waals surface area contributed by atoms with Crippen LogP contribution in [0.1, 0.15) is 29.2 Å². The van der Waals surface area contributed by atoms with Gasteiger partial charge in [0.2, 0.25) is 5.88 Å². The van der Waals surface area contributed by atoms with Gasteiger partial charge in [-0.05, 0) is 65.9 Å². The molecule has 1 aliphatic rings. The van der Waals surface area contributed by atoms with E-state index >= 15 is 4.39 Å². The number of carbonyl (C=O) groups excluding carboxylic acids is 1. The van der Waals surface area contributed by atoms with Crippen LogP contribution in [0.15, 0.2) is 48.5 Å². The molecule has 2 heterocycles. The summed E-state index contributed by atoms with van der Waals surface area (Å²) < 4.78 is 31.8. The highest BCUT2D eigenvalue weighted by Crippen LogP contribution is 2.28. The third kappa shape index (κ3) is 5.26. The van der Waals surface area contributed by atoms with Crippen LogP contribution < -0.4 is 4.74 Å². The summed E-state index contributed by atoms with van der Waals surface area (Å²) in [6.07, 6.45) is 0.486. The van der Waals surface area contributed by atoms with E-state index in [1.165, 1.54) is 6.07 Å². The van der Waals surface area contributed by atoms with E-state index in [1.807, 2.05) is 18.2 Å². The first-order chi connectivity index (χ1) is 15.5. The highest BCUT2D eigenvalue weighted by atomic mass is 35.5. The van der Waals surface area contributed by atoms with Gasteiger partial charge >= 0.3 is 5.97 Å². The van der Waals surface area contributed by atoms with Gasteiger partial charge in [-0.1, -0.05) is 23.7 Å². The van der Waals surface area contributed by atoms with Crippen LogP contribution in [-0.2, 0) is 40.3 Å². The Hall–Kier alpha value is -2.96. The molecule has 0 atom stereocenters. The molecule has 3 aromatic rings. The second-order valence-corrected chi connectivity index (χ2v) is 7.87. The van der Waals surface area contributed by atoms with Crippen LogP contribution in [0, 0.1) is 5.82 Å². The minimum absolute atomic E-state index is 0.00910. The minimum Gasteiger partial charge on any atom is -0.473 e. The zero-order valence-corrected chi connectivity index (χ0v) is 18.5. The topological polar surface area (TPSA) is 57.7 Å². The third-order valence-corrected chi connectivity index (χ3v) is 5.57. The maximum absolute atomic E-state index is 15.1. The van der Waals surface area contributed by atoms with Gasteiger partial charge < -0.3 is 14.2 Å². The summed E-state index contributed by atoms with van der Waals surface area (Å²) in [4.78, 5) is 16.5. The molecule has 7 heteroatoms. The van der Waals surface area contributed by atoms with Crippen LogP contribution in [0.2, 0.25) is 5.02 Å². The fourth-order valence-electron chi connectivity index (χ4n) is 3.62. The third-order valence-electron chi connectivity index (χ3n) is 5.20. The molecule has 0 N–H and O–H groups in total. The molecule has 0 spiro atoms. The Morgan fingerprint density at radius 2 is 2.03 bits per heavy atom. The number of hydrogen-bond acceptors (Lipinski definition) is 5. The van der Waals surface area contributed by atoms with Crippen molar-refractivity contribution in [3.8, 4) is 17.1 Å². The molecule has 0 amide bonds. The van der Waals surface area contributed by atoms with Gasteiger partial charge in [0.25, 0.3) is 0 Å². The molecule has 166 valence electrons. The number of rotatable bonds is 3. The average Bonchev–Trinajstić information content (AvgIpc) is 2.78. The zero-order valence-electron chi connectivity index (χ0n) is 17.7. The smallest absolute Gasteiger partial charge is 0.310 e. The number of halogens is 2. The first kappa shape index (κ1) is 22.2. The highest BCUT2D eigenvalue weighted by Gasteiger charge is 2.17. The van der Waals surface area contributed by atoms with Gasteiger partial charge in [-0.25, -0.2) is 9.37 Å². The molecular weight excluding hydrogens is 433 g/mol. The Kier molecular flexibility index (Phi) is 7.02. The van der Waals surface area contributed by atoms with Gasteiger partial charge in [-0.3, -0.25) is 4.79 Å². The maximum Gasteiger partial charge on any atom is 0.310 e. The van der Waals surface area contributed by atoms with E-state index in [0.29, 0.717) is 54.0 Å². The number of carbonyl (C=O) groups is 1. The van der Waals surface area contributed by atoms with E-state index in [4.69, 9.17) is 25.8 Å². The Morgan fingerprint density at radius 3 is 2.88 bits per heavy atom. The average molecular weight is 456 g/mol. The van der Waals surface area contributed by atoms with Gasteiger partial charge in [0.15, 0.2) is 0 Å². The number of benzene rings is 2. The quantitative estimate of drug-likeness (QED) is 0.502. The van der Waals surface area contributed by atoms with Gasteiger partial charge in [-0.2, -0.15) is 0 Å². The van der Waals surface area contributed by atoms with E-state index < -0.39 is 11.8 Å². The molecule has 1 aromatic heterocycles. The van der Waals surface area contributed by atoms with Crippen molar-refractivity contribution in [2.24, 2.45) is 0 Å². The predicted octanol–water partition coefficient (Wildman–Crippen LogP) is 5.30. The van der Waals surface area contributed by atoms with Gasteiger partial charge in [0, 0.05) is 16.7 Å². The zero-order chi connectivity index (χ0) is 22.5. The van der Waals surface area contributed by atoms with Crippen molar-refractivity contribution in [2.75, 3.05) is 13.2 Å². The lowest BCUT2D eigenvalue weighted by Crippen LogP contribution is -2.11. The minimum atomic E-state index is -0.457. The van der Waals surface area contributed by atoms with E-state index in [1.54, 1.807) is 31.2 Å². The fraction of sp³-hybridized carbons (Fsp3) is 0.280. The summed E-state index contributed by atoms with van der Waals surface area (Å²) >= 11 is 6.32. The standard InChI is InChI=1S/C25H23ClFNO4/c1-2-31-25(29)13-18-12-22(27)20-11-17(18)8-9-30-15-19-10-16(6-7-21(19)26)14-32-24-5-3-4-23(20)28-24/h3-7,10-12H,2,8-9,13-15H2,1H3. The number of aromatic nitrogens is 1. The van der Waals surface area contributed by atoms with E-state index in [2.05, 4.69) is 4.98 Å². The van der Waals surface area contributed by atoms with Gasteiger partial charge in [0.05, 0.1) is 31.9 Å². The number of pyridine rings is 1. The Bertz CT molecular complexity index is 1130. The summed E-state index contributed by atoms with van der Waals surface area (Å²) in [7, 11) is 0. The van der Waals surface area contributed by atoms with Crippen molar-refractivity contribution >= 4 is 17.6 Å². The molecule has 5 nitrogen and oxygen atoms in total. The summed E-state index contributed by atoms with van der Waals surface area (Å²) in [6, 6.07) is 14.0. The van der Waals surface area contributed by atoms with Crippen molar-refractivity contribution in [3.05, 3.63) is 81.6 Å². The number of nitrogens with zero attached hydrogens (tertiary/aromatic N) is 1. The number of esters is 1. The Balaban J connectivity index is 1.73. The second kappa shape index (κ2) is 10.1.